The molecule has 0 aliphatic rings. The Hall–Kier alpha value is -1.23. The number of rotatable bonds is 1. The SMILES string of the molecule is O=Cc1ccc2nc(Br)nn2c1. The Morgan fingerprint density at radius 2 is 2.33 bits per heavy atom. The number of fused-ring (bicyclic) bond motifs is 1. The van der Waals surface area contributed by atoms with Crippen molar-refractivity contribution in [2.75, 3.05) is 0 Å². The number of halogens is 1. The monoisotopic (exact) mass is 225 g/mol. The van der Waals surface area contributed by atoms with E-state index >= 15 is 0 Å². The molecule has 0 aliphatic carbocycles. The van der Waals surface area contributed by atoms with Gasteiger partial charge in [0.15, 0.2) is 11.9 Å². The molecule has 60 valence electrons. The lowest BCUT2D eigenvalue weighted by Gasteiger charge is -1.90. The Kier molecular flexibility index (Phi) is 1.65. The number of aldehydes is 1. The number of aromatic nitrogens is 3. The Morgan fingerprint density at radius 1 is 1.50 bits per heavy atom. The first-order valence-electron chi connectivity index (χ1n) is 3.27. The number of hydrogen-bond donors (Lipinski definition) is 0. The molecule has 0 spiro atoms. The van der Waals surface area contributed by atoms with Crippen molar-refractivity contribution < 1.29 is 4.79 Å². The maximum atomic E-state index is 10.4. The van der Waals surface area contributed by atoms with E-state index in [2.05, 4.69) is 26.0 Å². The van der Waals surface area contributed by atoms with Gasteiger partial charge in [0.1, 0.15) is 0 Å². The van der Waals surface area contributed by atoms with Gasteiger partial charge in [-0.3, -0.25) is 4.79 Å². The Balaban J connectivity index is 2.74. The van der Waals surface area contributed by atoms with Crippen LogP contribution in [0.2, 0.25) is 0 Å². The van der Waals surface area contributed by atoms with Crippen LogP contribution in [0.15, 0.2) is 23.1 Å². The molecule has 4 nitrogen and oxygen atoms in total. The van der Waals surface area contributed by atoms with Crippen LogP contribution in [0, 0.1) is 0 Å². The number of pyridine rings is 1. The van der Waals surface area contributed by atoms with Crippen molar-refractivity contribution >= 4 is 27.9 Å². The van der Waals surface area contributed by atoms with Crippen LogP contribution in [-0.4, -0.2) is 20.9 Å². The third-order valence-corrected chi connectivity index (χ3v) is 1.80. The van der Waals surface area contributed by atoms with Crippen LogP contribution in [0.5, 0.6) is 0 Å². The predicted octanol–water partition coefficient (Wildman–Crippen LogP) is 1.30. The van der Waals surface area contributed by atoms with E-state index in [0.717, 1.165) is 6.29 Å². The molecule has 2 heterocycles. The van der Waals surface area contributed by atoms with E-state index < -0.39 is 0 Å². The molecule has 0 N–H and O–H groups in total. The van der Waals surface area contributed by atoms with Crippen molar-refractivity contribution in [3.05, 3.63) is 28.6 Å². The van der Waals surface area contributed by atoms with Gasteiger partial charge < -0.3 is 0 Å². The quantitative estimate of drug-likeness (QED) is 0.688. The minimum absolute atomic E-state index is 0.519. The molecule has 0 unspecified atom stereocenters. The number of hydrogen-bond acceptors (Lipinski definition) is 3. The first-order chi connectivity index (χ1) is 5.79. The van der Waals surface area contributed by atoms with Crippen LogP contribution in [0.25, 0.3) is 5.65 Å². The van der Waals surface area contributed by atoms with Crippen molar-refractivity contribution in [3.8, 4) is 0 Å². The average molecular weight is 226 g/mol. The number of nitrogens with zero attached hydrogens (tertiary/aromatic N) is 3. The largest absolute Gasteiger partial charge is 0.298 e. The lowest BCUT2D eigenvalue weighted by atomic mass is 10.3. The summed E-state index contributed by atoms with van der Waals surface area (Å²) in [5.41, 5.74) is 1.30. The Bertz CT molecular complexity index is 437. The molecule has 0 fully saturated rings. The summed E-state index contributed by atoms with van der Waals surface area (Å²) in [6.07, 6.45) is 2.40. The molecule has 0 saturated carbocycles. The molecule has 0 bridgehead atoms. The molecule has 2 aromatic heterocycles. The van der Waals surface area contributed by atoms with Gasteiger partial charge in [-0.05, 0) is 28.1 Å². The second-order valence-corrected chi connectivity index (χ2v) is 2.97. The van der Waals surface area contributed by atoms with Gasteiger partial charge in [0.25, 0.3) is 0 Å². The standard InChI is InChI=1S/C7H4BrN3O/c8-7-9-6-2-1-5(4-12)3-11(6)10-7/h1-4H. The lowest BCUT2D eigenvalue weighted by Crippen LogP contribution is -1.89. The molecule has 0 atom stereocenters. The fourth-order valence-electron chi connectivity index (χ4n) is 0.942. The minimum Gasteiger partial charge on any atom is -0.298 e. The van der Waals surface area contributed by atoms with Gasteiger partial charge in [-0.25, -0.2) is 9.50 Å². The van der Waals surface area contributed by atoms with E-state index in [9.17, 15) is 4.79 Å². The summed E-state index contributed by atoms with van der Waals surface area (Å²) in [4.78, 5) is 14.4. The maximum Gasteiger partial charge on any atom is 0.218 e. The van der Waals surface area contributed by atoms with Crippen LogP contribution >= 0.6 is 15.9 Å². The molecule has 0 amide bonds. The van der Waals surface area contributed by atoms with Crippen LogP contribution in [0.3, 0.4) is 0 Å². The van der Waals surface area contributed by atoms with E-state index in [0.29, 0.717) is 15.9 Å². The van der Waals surface area contributed by atoms with E-state index in [1.54, 1.807) is 22.8 Å². The molecule has 0 radical (unpaired) electrons. The molecule has 0 saturated heterocycles. The topological polar surface area (TPSA) is 47.3 Å². The fraction of sp³-hybridized carbons (Fsp3) is 0. The van der Waals surface area contributed by atoms with Crippen LogP contribution in [-0.2, 0) is 0 Å². The van der Waals surface area contributed by atoms with Crippen LogP contribution in [0.1, 0.15) is 10.4 Å². The molecule has 0 aliphatic heterocycles. The first kappa shape index (κ1) is 7.42. The fourth-order valence-corrected chi connectivity index (χ4v) is 1.29. The molecule has 12 heavy (non-hydrogen) atoms. The summed E-state index contributed by atoms with van der Waals surface area (Å²) in [5.74, 6) is 0. The third-order valence-electron chi connectivity index (χ3n) is 1.46. The maximum absolute atomic E-state index is 10.4. The highest BCUT2D eigenvalue weighted by Crippen LogP contribution is 2.06. The molecular formula is C7H4BrN3O. The van der Waals surface area contributed by atoms with Crippen molar-refractivity contribution in [1.29, 1.82) is 0 Å². The van der Waals surface area contributed by atoms with Gasteiger partial charge in [-0.1, -0.05) is 0 Å². The van der Waals surface area contributed by atoms with E-state index in [1.807, 2.05) is 0 Å². The van der Waals surface area contributed by atoms with Gasteiger partial charge in [-0.15, -0.1) is 5.10 Å². The Labute approximate surface area is 76.4 Å². The summed E-state index contributed by atoms with van der Waals surface area (Å²) < 4.78 is 2.07. The highest BCUT2D eigenvalue weighted by atomic mass is 79.9. The third kappa shape index (κ3) is 1.12. The molecule has 2 aromatic rings. The van der Waals surface area contributed by atoms with Gasteiger partial charge in [0.2, 0.25) is 4.73 Å². The average Bonchev–Trinajstić information content (AvgIpc) is 2.43. The molecular weight excluding hydrogens is 222 g/mol. The van der Waals surface area contributed by atoms with Gasteiger partial charge in [0.05, 0.1) is 0 Å². The van der Waals surface area contributed by atoms with E-state index in [-0.39, 0.29) is 0 Å². The second kappa shape index (κ2) is 2.67. The van der Waals surface area contributed by atoms with Crippen molar-refractivity contribution in [2.45, 2.75) is 0 Å². The van der Waals surface area contributed by atoms with Crippen molar-refractivity contribution in [3.63, 3.8) is 0 Å². The summed E-state index contributed by atoms with van der Waals surface area (Å²) in [5, 5.41) is 3.99. The molecule has 2 rings (SSSR count). The van der Waals surface area contributed by atoms with Crippen LogP contribution in [0.4, 0.5) is 0 Å². The highest BCUT2D eigenvalue weighted by Gasteiger charge is 1.99. The summed E-state index contributed by atoms with van der Waals surface area (Å²) in [6, 6.07) is 3.44. The molecule has 5 heteroatoms. The lowest BCUT2D eigenvalue weighted by molar-refractivity contribution is 0.112. The van der Waals surface area contributed by atoms with Gasteiger partial charge in [-0.2, -0.15) is 0 Å². The van der Waals surface area contributed by atoms with Gasteiger partial charge in [0, 0.05) is 11.8 Å². The van der Waals surface area contributed by atoms with Crippen LogP contribution < -0.4 is 0 Å². The number of carbonyl (C=O) groups is 1. The first-order valence-corrected chi connectivity index (χ1v) is 4.06. The zero-order chi connectivity index (χ0) is 8.55. The van der Waals surface area contributed by atoms with E-state index in [1.165, 1.54) is 0 Å². The highest BCUT2D eigenvalue weighted by molar-refractivity contribution is 9.10. The zero-order valence-corrected chi connectivity index (χ0v) is 7.52. The van der Waals surface area contributed by atoms with E-state index in [4.69, 9.17) is 0 Å². The molecule has 0 aromatic carbocycles. The number of carbonyl (C=O) groups excluding carboxylic acids is 1. The smallest absolute Gasteiger partial charge is 0.218 e. The normalized spacial score (nSPS) is 10.4. The van der Waals surface area contributed by atoms with Crippen molar-refractivity contribution in [2.24, 2.45) is 0 Å². The zero-order valence-electron chi connectivity index (χ0n) is 5.94. The predicted molar refractivity (Wildman–Crippen MR) is 46.1 cm³/mol. The summed E-state index contributed by atoms with van der Waals surface area (Å²) >= 11 is 3.14. The summed E-state index contributed by atoms with van der Waals surface area (Å²) in [7, 11) is 0. The minimum atomic E-state index is 0.519. The van der Waals surface area contributed by atoms with Gasteiger partial charge >= 0.3 is 0 Å². The van der Waals surface area contributed by atoms with Crippen molar-refractivity contribution in [1.82, 2.24) is 14.6 Å². The summed E-state index contributed by atoms with van der Waals surface area (Å²) in [6.45, 7) is 0. The second-order valence-electron chi connectivity index (χ2n) is 2.26. The Morgan fingerprint density at radius 3 is 3.08 bits per heavy atom.